The van der Waals surface area contributed by atoms with Crippen LogP contribution in [0, 0.1) is 13.8 Å². The summed E-state index contributed by atoms with van der Waals surface area (Å²) in [4.78, 5) is 16.2. The smallest absolute Gasteiger partial charge is 0.256 e. The number of aromatic nitrogens is 1. The zero-order valence-corrected chi connectivity index (χ0v) is 10.4. The van der Waals surface area contributed by atoms with E-state index in [1.807, 2.05) is 26.0 Å². The van der Waals surface area contributed by atoms with Crippen LogP contribution in [0.3, 0.4) is 0 Å². The quantitative estimate of drug-likeness (QED) is 0.794. The van der Waals surface area contributed by atoms with Gasteiger partial charge in [-0.05, 0) is 43.7 Å². The number of carbonyl (C=O) groups is 1. The highest BCUT2D eigenvalue weighted by atomic mass is 16.1. The monoisotopic (exact) mass is 241 g/mol. The molecule has 0 radical (unpaired) electrons. The maximum absolute atomic E-state index is 12.1. The van der Waals surface area contributed by atoms with Crippen LogP contribution in [0.15, 0.2) is 36.5 Å². The van der Waals surface area contributed by atoms with Crippen molar-refractivity contribution in [3.8, 4) is 0 Å². The molecule has 1 amide bonds. The first kappa shape index (κ1) is 12.1. The molecule has 4 nitrogen and oxygen atoms in total. The molecule has 1 aromatic heterocycles. The predicted octanol–water partition coefficient (Wildman–Crippen LogP) is 2.53. The van der Waals surface area contributed by atoms with Crippen molar-refractivity contribution in [2.45, 2.75) is 13.8 Å². The molecule has 0 saturated heterocycles. The second-order valence-corrected chi connectivity index (χ2v) is 4.21. The number of pyridine rings is 1. The van der Waals surface area contributed by atoms with Gasteiger partial charge in [0.1, 0.15) is 0 Å². The molecule has 0 aliphatic heterocycles. The lowest BCUT2D eigenvalue weighted by Gasteiger charge is -2.08. The average molecular weight is 241 g/mol. The van der Waals surface area contributed by atoms with E-state index in [-0.39, 0.29) is 5.91 Å². The molecule has 4 heteroatoms. The fraction of sp³-hybridized carbons (Fsp3) is 0.143. The van der Waals surface area contributed by atoms with Gasteiger partial charge in [-0.1, -0.05) is 6.07 Å². The number of nitrogens with two attached hydrogens (primary N) is 1. The number of carbonyl (C=O) groups excluding carboxylic acids is 1. The molecular formula is C14H15N3O. The van der Waals surface area contributed by atoms with Crippen LogP contribution >= 0.6 is 0 Å². The van der Waals surface area contributed by atoms with Gasteiger partial charge in [-0.2, -0.15) is 0 Å². The molecule has 1 heterocycles. The Labute approximate surface area is 106 Å². The minimum absolute atomic E-state index is 0.162. The number of amides is 1. The minimum atomic E-state index is -0.162. The van der Waals surface area contributed by atoms with Crippen molar-refractivity contribution in [2.24, 2.45) is 0 Å². The largest absolute Gasteiger partial charge is 0.399 e. The summed E-state index contributed by atoms with van der Waals surface area (Å²) in [5.41, 5.74) is 9.35. The predicted molar refractivity (Wildman–Crippen MR) is 72.5 cm³/mol. The Morgan fingerprint density at radius 1 is 1.22 bits per heavy atom. The highest BCUT2D eigenvalue weighted by molar-refractivity contribution is 6.05. The van der Waals surface area contributed by atoms with Crippen LogP contribution in [0.1, 0.15) is 21.6 Å². The summed E-state index contributed by atoms with van der Waals surface area (Å²) >= 11 is 0. The Balaban J connectivity index is 2.24. The zero-order valence-electron chi connectivity index (χ0n) is 10.4. The Morgan fingerprint density at radius 3 is 2.72 bits per heavy atom. The lowest BCUT2D eigenvalue weighted by molar-refractivity contribution is 0.102. The minimum Gasteiger partial charge on any atom is -0.399 e. The van der Waals surface area contributed by atoms with E-state index >= 15 is 0 Å². The maximum atomic E-state index is 12.1. The van der Waals surface area contributed by atoms with Crippen LogP contribution in [-0.2, 0) is 0 Å². The molecule has 0 aliphatic carbocycles. The molecule has 0 atom stereocenters. The van der Waals surface area contributed by atoms with Crippen LogP contribution in [-0.4, -0.2) is 10.9 Å². The van der Waals surface area contributed by atoms with Gasteiger partial charge in [0.2, 0.25) is 0 Å². The SMILES string of the molecule is Cc1cc(NC(=O)c2cc(N)ccc2C)ccn1. The number of nitrogen functional groups attached to an aromatic ring is 1. The number of anilines is 2. The fourth-order valence-electron chi connectivity index (χ4n) is 1.71. The number of benzene rings is 1. The first-order valence-corrected chi connectivity index (χ1v) is 5.66. The van der Waals surface area contributed by atoms with Crippen molar-refractivity contribution in [1.29, 1.82) is 0 Å². The van der Waals surface area contributed by atoms with Gasteiger partial charge in [-0.15, -0.1) is 0 Å². The third kappa shape index (κ3) is 2.66. The highest BCUT2D eigenvalue weighted by Gasteiger charge is 2.09. The van der Waals surface area contributed by atoms with E-state index in [4.69, 9.17) is 5.73 Å². The maximum Gasteiger partial charge on any atom is 0.256 e. The number of aryl methyl sites for hydroxylation is 2. The molecule has 18 heavy (non-hydrogen) atoms. The summed E-state index contributed by atoms with van der Waals surface area (Å²) in [6, 6.07) is 8.87. The van der Waals surface area contributed by atoms with Crippen LogP contribution in [0.5, 0.6) is 0 Å². The standard InChI is InChI=1S/C14H15N3O/c1-9-3-4-11(15)8-13(9)14(18)17-12-5-6-16-10(2)7-12/h3-8H,15H2,1-2H3,(H,16,17,18). The van der Waals surface area contributed by atoms with Gasteiger partial charge < -0.3 is 11.1 Å². The van der Waals surface area contributed by atoms with Crippen molar-refractivity contribution in [1.82, 2.24) is 4.98 Å². The highest BCUT2D eigenvalue weighted by Crippen LogP contribution is 2.15. The van der Waals surface area contributed by atoms with E-state index in [1.165, 1.54) is 0 Å². The average Bonchev–Trinajstić information content (AvgIpc) is 2.32. The lowest BCUT2D eigenvalue weighted by atomic mass is 10.1. The summed E-state index contributed by atoms with van der Waals surface area (Å²) in [6.07, 6.45) is 1.66. The Bertz CT molecular complexity index is 593. The molecule has 0 unspecified atom stereocenters. The van der Waals surface area contributed by atoms with Crippen LogP contribution in [0.4, 0.5) is 11.4 Å². The van der Waals surface area contributed by atoms with E-state index in [0.29, 0.717) is 11.3 Å². The van der Waals surface area contributed by atoms with Gasteiger partial charge in [0.25, 0.3) is 5.91 Å². The van der Waals surface area contributed by atoms with Crippen molar-refractivity contribution in [2.75, 3.05) is 11.1 Å². The zero-order chi connectivity index (χ0) is 13.1. The summed E-state index contributed by atoms with van der Waals surface area (Å²) in [7, 11) is 0. The summed E-state index contributed by atoms with van der Waals surface area (Å²) in [5, 5.41) is 2.83. The normalized spacial score (nSPS) is 10.1. The second kappa shape index (κ2) is 4.87. The van der Waals surface area contributed by atoms with E-state index in [0.717, 1.165) is 16.9 Å². The summed E-state index contributed by atoms with van der Waals surface area (Å²) < 4.78 is 0. The molecule has 1 aromatic carbocycles. The Morgan fingerprint density at radius 2 is 2.00 bits per heavy atom. The number of hydrogen-bond acceptors (Lipinski definition) is 3. The van der Waals surface area contributed by atoms with Gasteiger partial charge in [0.15, 0.2) is 0 Å². The molecule has 0 aliphatic rings. The molecule has 92 valence electrons. The van der Waals surface area contributed by atoms with E-state index in [1.54, 1.807) is 24.4 Å². The first-order chi connectivity index (χ1) is 8.56. The second-order valence-electron chi connectivity index (χ2n) is 4.21. The number of nitrogens with one attached hydrogen (secondary N) is 1. The van der Waals surface area contributed by atoms with Gasteiger partial charge in [0, 0.05) is 28.8 Å². The van der Waals surface area contributed by atoms with Crippen LogP contribution < -0.4 is 11.1 Å². The molecule has 0 fully saturated rings. The Hall–Kier alpha value is -2.36. The lowest BCUT2D eigenvalue weighted by Crippen LogP contribution is -2.14. The van der Waals surface area contributed by atoms with Gasteiger partial charge in [-0.25, -0.2) is 0 Å². The molecule has 0 saturated carbocycles. The van der Waals surface area contributed by atoms with E-state index in [9.17, 15) is 4.79 Å². The molecular weight excluding hydrogens is 226 g/mol. The van der Waals surface area contributed by atoms with Crippen molar-refractivity contribution >= 4 is 17.3 Å². The third-order valence-electron chi connectivity index (χ3n) is 2.66. The van der Waals surface area contributed by atoms with Crippen LogP contribution in [0.2, 0.25) is 0 Å². The third-order valence-corrected chi connectivity index (χ3v) is 2.66. The van der Waals surface area contributed by atoms with Gasteiger partial charge in [0.05, 0.1) is 0 Å². The van der Waals surface area contributed by atoms with Crippen molar-refractivity contribution in [3.63, 3.8) is 0 Å². The Kier molecular flexibility index (Phi) is 3.28. The van der Waals surface area contributed by atoms with Crippen molar-refractivity contribution in [3.05, 3.63) is 53.3 Å². The molecule has 2 rings (SSSR count). The summed E-state index contributed by atoms with van der Waals surface area (Å²) in [6.45, 7) is 3.76. The van der Waals surface area contributed by atoms with Crippen LogP contribution in [0.25, 0.3) is 0 Å². The fourth-order valence-corrected chi connectivity index (χ4v) is 1.71. The number of rotatable bonds is 2. The molecule has 0 spiro atoms. The molecule has 3 N–H and O–H groups in total. The molecule has 0 bridgehead atoms. The van der Waals surface area contributed by atoms with Gasteiger partial charge in [-0.3, -0.25) is 9.78 Å². The number of hydrogen-bond donors (Lipinski definition) is 2. The summed E-state index contributed by atoms with van der Waals surface area (Å²) in [5.74, 6) is -0.162. The topological polar surface area (TPSA) is 68.0 Å². The first-order valence-electron chi connectivity index (χ1n) is 5.66. The van der Waals surface area contributed by atoms with Gasteiger partial charge >= 0.3 is 0 Å². The molecule has 2 aromatic rings. The van der Waals surface area contributed by atoms with Crippen molar-refractivity contribution < 1.29 is 4.79 Å². The van der Waals surface area contributed by atoms with E-state index in [2.05, 4.69) is 10.3 Å². The van der Waals surface area contributed by atoms with E-state index < -0.39 is 0 Å². The number of nitrogens with zero attached hydrogens (tertiary/aromatic N) is 1.